The number of benzene rings is 1. The number of nitriles is 1. The van der Waals surface area contributed by atoms with Gasteiger partial charge in [0.15, 0.2) is 0 Å². The number of hydrogen-bond donors (Lipinski definition) is 2. The summed E-state index contributed by atoms with van der Waals surface area (Å²) in [7, 11) is 1.37. The fourth-order valence-corrected chi connectivity index (χ4v) is 1.76. The molecule has 0 aliphatic rings. The van der Waals surface area contributed by atoms with Crippen LogP contribution in [-0.2, 0) is 0 Å². The Morgan fingerprint density at radius 3 is 2.62 bits per heavy atom. The van der Waals surface area contributed by atoms with Crippen LogP contribution >= 0.6 is 0 Å². The van der Waals surface area contributed by atoms with Crippen LogP contribution in [0, 0.1) is 21.4 Å². The fourth-order valence-electron chi connectivity index (χ4n) is 1.76. The number of rotatable bonds is 3. The molecule has 0 bridgehead atoms. The second-order valence-corrected chi connectivity index (χ2v) is 3.98. The second-order valence-electron chi connectivity index (χ2n) is 3.98. The van der Waals surface area contributed by atoms with Crippen molar-refractivity contribution in [3.8, 4) is 23.1 Å². The van der Waals surface area contributed by atoms with E-state index in [1.807, 2.05) is 6.07 Å². The molecule has 0 fully saturated rings. The van der Waals surface area contributed by atoms with Gasteiger partial charge in [0.25, 0.3) is 5.69 Å². The van der Waals surface area contributed by atoms with E-state index in [2.05, 4.69) is 9.97 Å². The average Bonchev–Trinajstić information content (AvgIpc) is 2.45. The van der Waals surface area contributed by atoms with E-state index in [1.165, 1.54) is 25.3 Å². The Morgan fingerprint density at radius 1 is 1.33 bits per heavy atom. The summed E-state index contributed by atoms with van der Waals surface area (Å²) in [5.41, 5.74) is 11.3. The molecule has 9 heteroatoms. The van der Waals surface area contributed by atoms with E-state index in [0.717, 1.165) is 0 Å². The van der Waals surface area contributed by atoms with Crippen molar-refractivity contribution >= 4 is 17.5 Å². The normalized spacial score (nSPS) is 9.90. The highest BCUT2D eigenvalue weighted by Gasteiger charge is 2.17. The predicted octanol–water partition coefficient (Wildman–Crippen LogP) is 1.10. The number of nitrogens with zero attached hydrogens (tertiary/aromatic N) is 4. The fraction of sp³-hybridized carbons (Fsp3) is 0.0833. The maximum atomic E-state index is 10.9. The Balaban J connectivity index is 2.75. The highest BCUT2D eigenvalue weighted by Crippen LogP contribution is 2.32. The van der Waals surface area contributed by atoms with E-state index in [-0.39, 0.29) is 34.5 Å². The topological polar surface area (TPSA) is 154 Å². The van der Waals surface area contributed by atoms with Gasteiger partial charge in [-0.05, 0) is 6.07 Å². The van der Waals surface area contributed by atoms with Crippen molar-refractivity contribution in [3.05, 3.63) is 33.9 Å². The molecular weight excluding hydrogens is 276 g/mol. The number of aromatic nitrogens is 2. The lowest BCUT2D eigenvalue weighted by Gasteiger charge is -2.08. The molecule has 0 saturated carbocycles. The molecule has 0 aliphatic carbocycles. The molecule has 0 saturated heterocycles. The Morgan fingerprint density at radius 2 is 2.05 bits per heavy atom. The van der Waals surface area contributed by atoms with Gasteiger partial charge in [-0.3, -0.25) is 10.1 Å². The van der Waals surface area contributed by atoms with Gasteiger partial charge in [0.2, 0.25) is 5.95 Å². The van der Waals surface area contributed by atoms with Crippen molar-refractivity contribution in [1.29, 1.82) is 5.26 Å². The SMILES string of the molecule is COc1cc(-c2nc(N)nc(N)c2C#N)cc([N+](=O)[O-])c1. The minimum atomic E-state index is -0.577. The zero-order valence-corrected chi connectivity index (χ0v) is 10.9. The third-order valence-electron chi connectivity index (χ3n) is 2.68. The molecule has 0 spiro atoms. The highest BCUT2D eigenvalue weighted by atomic mass is 16.6. The van der Waals surface area contributed by atoms with Crippen molar-refractivity contribution in [3.63, 3.8) is 0 Å². The van der Waals surface area contributed by atoms with Gasteiger partial charge in [0.1, 0.15) is 23.2 Å². The molecule has 21 heavy (non-hydrogen) atoms. The summed E-state index contributed by atoms with van der Waals surface area (Å²) in [4.78, 5) is 18.0. The van der Waals surface area contributed by atoms with Crippen molar-refractivity contribution in [2.24, 2.45) is 0 Å². The smallest absolute Gasteiger partial charge is 0.273 e. The minimum Gasteiger partial charge on any atom is -0.496 e. The lowest BCUT2D eigenvalue weighted by atomic mass is 10.1. The molecule has 1 aromatic carbocycles. The second kappa shape index (κ2) is 5.30. The summed E-state index contributed by atoms with van der Waals surface area (Å²) in [5.74, 6) is 0.0243. The third kappa shape index (κ3) is 2.64. The third-order valence-corrected chi connectivity index (χ3v) is 2.68. The summed E-state index contributed by atoms with van der Waals surface area (Å²) in [6.45, 7) is 0. The Kier molecular flexibility index (Phi) is 3.53. The standard InChI is InChI=1S/C12H10N6O3/c1-21-8-3-6(2-7(4-8)18(19)20)10-9(5-13)11(14)17-12(15)16-10/h2-4H,1H3,(H4,14,15,16,17). The summed E-state index contributed by atoms with van der Waals surface area (Å²) in [6, 6.07) is 5.86. The molecular formula is C12H10N6O3. The van der Waals surface area contributed by atoms with Crippen LogP contribution in [0.15, 0.2) is 18.2 Å². The maximum absolute atomic E-state index is 10.9. The number of nitrogen functional groups attached to an aromatic ring is 2. The summed E-state index contributed by atoms with van der Waals surface area (Å²) < 4.78 is 5.01. The lowest BCUT2D eigenvalue weighted by Crippen LogP contribution is -2.05. The van der Waals surface area contributed by atoms with Gasteiger partial charge >= 0.3 is 0 Å². The van der Waals surface area contributed by atoms with E-state index in [4.69, 9.17) is 21.5 Å². The maximum Gasteiger partial charge on any atom is 0.273 e. The summed E-state index contributed by atoms with van der Waals surface area (Å²) in [6.07, 6.45) is 0. The van der Waals surface area contributed by atoms with E-state index < -0.39 is 4.92 Å². The first-order valence-corrected chi connectivity index (χ1v) is 5.63. The number of nitro groups is 1. The van der Waals surface area contributed by atoms with Crippen molar-refractivity contribution in [2.45, 2.75) is 0 Å². The number of nitro benzene ring substituents is 1. The van der Waals surface area contributed by atoms with Gasteiger partial charge in [-0.1, -0.05) is 0 Å². The van der Waals surface area contributed by atoms with E-state index in [9.17, 15) is 10.1 Å². The van der Waals surface area contributed by atoms with Gasteiger partial charge in [0.05, 0.1) is 23.8 Å². The van der Waals surface area contributed by atoms with Gasteiger partial charge in [-0.25, -0.2) is 4.98 Å². The lowest BCUT2D eigenvalue weighted by molar-refractivity contribution is -0.384. The molecule has 2 rings (SSSR count). The zero-order chi connectivity index (χ0) is 15.6. The Labute approximate surface area is 118 Å². The van der Waals surface area contributed by atoms with Crippen LogP contribution < -0.4 is 16.2 Å². The van der Waals surface area contributed by atoms with Crippen molar-refractivity contribution in [1.82, 2.24) is 9.97 Å². The first-order chi connectivity index (χ1) is 9.96. The molecule has 2 aromatic rings. The van der Waals surface area contributed by atoms with E-state index in [1.54, 1.807) is 0 Å². The number of anilines is 2. The number of methoxy groups -OCH3 is 1. The van der Waals surface area contributed by atoms with E-state index in [0.29, 0.717) is 5.56 Å². The molecule has 0 atom stereocenters. The van der Waals surface area contributed by atoms with Crippen LogP contribution in [0.3, 0.4) is 0 Å². The molecule has 1 heterocycles. The quantitative estimate of drug-likeness (QED) is 0.627. The number of ether oxygens (including phenoxy) is 1. The Bertz CT molecular complexity index is 768. The molecule has 0 unspecified atom stereocenters. The largest absolute Gasteiger partial charge is 0.496 e. The molecule has 0 radical (unpaired) electrons. The summed E-state index contributed by atoms with van der Waals surface area (Å²) >= 11 is 0. The highest BCUT2D eigenvalue weighted by molar-refractivity contribution is 5.75. The first-order valence-electron chi connectivity index (χ1n) is 5.63. The van der Waals surface area contributed by atoms with Crippen LogP contribution in [0.25, 0.3) is 11.3 Å². The van der Waals surface area contributed by atoms with Gasteiger partial charge < -0.3 is 16.2 Å². The van der Waals surface area contributed by atoms with Crippen molar-refractivity contribution < 1.29 is 9.66 Å². The molecule has 9 nitrogen and oxygen atoms in total. The molecule has 0 aliphatic heterocycles. The number of nitrogens with two attached hydrogens (primary N) is 2. The van der Waals surface area contributed by atoms with Gasteiger partial charge in [0, 0.05) is 11.6 Å². The van der Waals surface area contributed by atoms with E-state index >= 15 is 0 Å². The Hall–Kier alpha value is -3.41. The zero-order valence-electron chi connectivity index (χ0n) is 10.9. The molecule has 106 valence electrons. The van der Waals surface area contributed by atoms with Crippen LogP contribution in [0.5, 0.6) is 5.75 Å². The molecule has 0 amide bonds. The van der Waals surface area contributed by atoms with Crippen LogP contribution in [0.1, 0.15) is 5.56 Å². The number of hydrogen-bond acceptors (Lipinski definition) is 8. The average molecular weight is 286 g/mol. The van der Waals surface area contributed by atoms with Crippen LogP contribution in [0.2, 0.25) is 0 Å². The first kappa shape index (κ1) is 14.0. The predicted molar refractivity (Wildman–Crippen MR) is 74.2 cm³/mol. The molecule has 4 N–H and O–H groups in total. The number of non-ortho nitro benzene ring substituents is 1. The van der Waals surface area contributed by atoms with Gasteiger partial charge in [-0.2, -0.15) is 10.2 Å². The van der Waals surface area contributed by atoms with Gasteiger partial charge in [-0.15, -0.1) is 0 Å². The monoisotopic (exact) mass is 286 g/mol. The molecule has 1 aromatic heterocycles. The van der Waals surface area contributed by atoms with Crippen LogP contribution in [-0.4, -0.2) is 22.0 Å². The summed E-state index contributed by atoms with van der Waals surface area (Å²) in [5, 5.41) is 20.1. The minimum absolute atomic E-state index is 0.00764. The van der Waals surface area contributed by atoms with Crippen LogP contribution in [0.4, 0.5) is 17.5 Å². The van der Waals surface area contributed by atoms with Crippen molar-refractivity contribution in [2.75, 3.05) is 18.6 Å².